The lowest BCUT2D eigenvalue weighted by molar-refractivity contribution is 0.306. The van der Waals surface area contributed by atoms with Crippen molar-refractivity contribution in [2.45, 2.75) is 52.0 Å². The van der Waals surface area contributed by atoms with E-state index in [1.54, 1.807) is 18.7 Å². The van der Waals surface area contributed by atoms with Crippen LogP contribution >= 0.6 is 22.9 Å². The van der Waals surface area contributed by atoms with E-state index in [0.29, 0.717) is 10.9 Å². The zero-order valence-corrected chi connectivity index (χ0v) is 23.7. The fourth-order valence-electron chi connectivity index (χ4n) is 4.12. The Labute approximate surface area is 222 Å². The summed E-state index contributed by atoms with van der Waals surface area (Å²) in [5, 5.41) is 2.22. The number of unbranched alkanes of at least 4 members (excludes halogenated alkanes) is 2. The molecule has 0 spiro atoms. The predicted octanol–water partition coefficient (Wildman–Crippen LogP) is 5.96. The van der Waals surface area contributed by atoms with Crippen LogP contribution in [0.5, 0.6) is 5.75 Å². The zero-order chi connectivity index (χ0) is 26.1. The van der Waals surface area contributed by atoms with Gasteiger partial charge < -0.3 is 14.9 Å². The molecule has 1 aliphatic heterocycles. The number of nitrogens with zero attached hydrogens (tertiary/aromatic N) is 3. The molecule has 10 heteroatoms. The van der Waals surface area contributed by atoms with Gasteiger partial charge in [0.1, 0.15) is 11.3 Å². The number of halogens is 1. The second kappa shape index (κ2) is 10.5. The SMILES string of the molecule is CCCCCOc1ccc(-c2oc(-c3cc(Cl)c(C4(C)C=S(C)(=O)N(C)C(N)=N4)s3)nc2CC)cc1. The van der Waals surface area contributed by atoms with Gasteiger partial charge in [0, 0.05) is 24.2 Å². The Bertz CT molecular complexity index is 1390. The number of rotatable bonds is 9. The van der Waals surface area contributed by atoms with Crippen LogP contribution in [-0.4, -0.2) is 44.7 Å². The molecule has 0 saturated carbocycles. The smallest absolute Gasteiger partial charge is 0.237 e. The average molecular weight is 549 g/mol. The molecule has 2 atom stereocenters. The summed E-state index contributed by atoms with van der Waals surface area (Å²) >= 11 is 8.08. The Hall–Kier alpha value is -2.49. The minimum atomic E-state index is -2.49. The van der Waals surface area contributed by atoms with Gasteiger partial charge in [-0.1, -0.05) is 38.3 Å². The van der Waals surface area contributed by atoms with Crippen LogP contribution in [0.1, 0.15) is 50.6 Å². The number of hydrogen-bond donors (Lipinski definition) is 1. The van der Waals surface area contributed by atoms with Crippen molar-refractivity contribution in [3.63, 3.8) is 0 Å². The van der Waals surface area contributed by atoms with Crippen molar-refractivity contribution >= 4 is 44.0 Å². The molecule has 4 rings (SSSR count). The summed E-state index contributed by atoms with van der Waals surface area (Å²) in [4.78, 5) is 10.9. The van der Waals surface area contributed by atoms with Crippen LogP contribution in [0.15, 0.2) is 39.7 Å². The van der Waals surface area contributed by atoms with Crippen LogP contribution in [-0.2, 0) is 21.7 Å². The molecule has 7 nitrogen and oxygen atoms in total. The molecule has 0 saturated heterocycles. The van der Waals surface area contributed by atoms with Crippen molar-refractivity contribution in [3.8, 4) is 27.8 Å². The van der Waals surface area contributed by atoms with Crippen LogP contribution in [0.3, 0.4) is 0 Å². The van der Waals surface area contributed by atoms with E-state index in [0.717, 1.165) is 52.0 Å². The van der Waals surface area contributed by atoms with E-state index in [1.807, 2.05) is 44.2 Å². The lowest BCUT2D eigenvalue weighted by Gasteiger charge is -2.32. The van der Waals surface area contributed by atoms with Crippen LogP contribution in [0, 0.1) is 0 Å². The number of benzene rings is 1. The third-order valence-corrected chi connectivity index (χ3v) is 10.1. The fourth-order valence-corrected chi connectivity index (χ4v) is 7.30. The molecule has 0 radical (unpaired) electrons. The summed E-state index contributed by atoms with van der Waals surface area (Å²) in [5.41, 5.74) is 6.97. The first kappa shape index (κ1) is 26.6. The molecule has 0 fully saturated rings. The first-order valence-corrected chi connectivity index (χ1v) is 15.2. The summed E-state index contributed by atoms with van der Waals surface area (Å²) in [6, 6.07) is 9.74. The molecule has 2 N–H and O–H groups in total. The number of guanidine groups is 1. The predicted molar refractivity (Wildman–Crippen MR) is 152 cm³/mol. The van der Waals surface area contributed by atoms with E-state index in [9.17, 15) is 4.21 Å². The number of oxazole rings is 1. The van der Waals surface area contributed by atoms with Crippen molar-refractivity contribution in [1.82, 2.24) is 9.29 Å². The minimum absolute atomic E-state index is 0.211. The molecule has 1 aliphatic rings. The van der Waals surface area contributed by atoms with Gasteiger partial charge in [-0.15, -0.1) is 11.3 Å². The molecule has 0 bridgehead atoms. The molecule has 0 amide bonds. The summed E-state index contributed by atoms with van der Waals surface area (Å²) in [7, 11) is -0.821. The van der Waals surface area contributed by atoms with E-state index in [4.69, 9.17) is 31.5 Å². The first-order chi connectivity index (χ1) is 17.1. The van der Waals surface area contributed by atoms with Gasteiger partial charge in [-0.25, -0.2) is 14.2 Å². The number of thiophene rings is 1. The molecule has 3 heterocycles. The van der Waals surface area contributed by atoms with E-state index >= 15 is 0 Å². The van der Waals surface area contributed by atoms with Crippen molar-refractivity contribution in [2.24, 2.45) is 10.7 Å². The van der Waals surface area contributed by atoms with E-state index < -0.39 is 15.2 Å². The normalized spacial score (nSPS) is 21.8. The molecular weight excluding hydrogens is 516 g/mol. The largest absolute Gasteiger partial charge is 0.494 e. The minimum Gasteiger partial charge on any atom is -0.494 e. The van der Waals surface area contributed by atoms with E-state index in [-0.39, 0.29) is 5.96 Å². The monoisotopic (exact) mass is 548 g/mol. The zero-order valence-electron chi connectivity index (χ0n) is 21.3. The molecular formula is C26H33ClN4O3S2. The number of nitrogens with two attached hydrogens (primary N) is 1. The lowest BCUT2D eigenvalue weighted by Crippen LogP contribution is -2.47. The summed E-state index contributed by atoms with van der Waals surface area (Å²) < 4.78 is 26.7. The van der Waals surface area contributed by atoms with Gasteiger partial charge in [-0.2, -0.15) is 0 Å². The number of ether oxygens (including phenoxy) is 1. The molecule has 3 aromatic rings. The Morgan fingerprint density at radius 1 is 1.25 bits per heavy atom. The Morgan fingerprint density at radius 2 is 1.97 bits per heavy atom. The van der Waals surface area contributed by atoms with Gasteiger partial charge in [0.15, 0.2) is 5.76 Å². The summed E-state index contributed by atoms with van der Waals surface area (Å²) in [6.45, 7) is 6.81. The molecule has 194 valence electrons. The lowest BCUT2D eigenvalue weighted by atomic mass is 10.0. The highest BCUT2D eigenvalue weighted by Gasteiger charge is 2.36. The standard InChI is InChI=1S/C26H33ClN4O3S2/c1-6-8-9-14-33-18-12-10-17(11-13-18)22-20(7-2)29-24(34-22)21-15-19(27)23(35-21)26(3)16-36(5,32)31(4)25(28)30-26/h10-13,15-16H,6-9,14H2,1-5H3,(H2,28,30). The average Bonchev–Trinajstić information content (AvgIpc) is 3.44. The van der Waals surface area contributed by atoms with Crippen LogP contribution in [0.4, 0.5) is 0 Å². The number of aliphatic imine (C=N–C) groups is 1. The van der Waals surface area contributed by atoms with Gasteiger partial charge in [-0.3, -0.25) is 4.31 Å². The third-order valence-electron chi connectivity index (χ3n) is 6.18. The number of hydrogen-bond acceptors (Lipinski definition) is 7. The quantitative estimate of drug-likeness (QED) is 0.263. The molecule has 2 unspecified atom stereocenters. The maximum atomic E-state index is 13.1. The van der Waals surface area contributed by atoms with Gasteiger partial charge in [0.05, 0.1) is 36.8 Å². The Balaban J connectivity index is 1.64. The van der Waals surface area contributed by atoms with Gasteiger partial charge in [0.25, 0.3) is 0 Å². The van der Waals surface area contributed by atoms with Crippen molar-refractivity contribution in [3.05, 3.63) is 45.9 Å². The van der Waals surface area contributed by atoms with Crippen LogP contribution < -0.4 is 10.5 Å². The summed E-state index contributed by atoms with van der Waals surface area (Å²) in [5.74, 6) is 2.28. The second-order valence-electron chi connectivity index (χ2n) is 9.11. The topological polar surface area (TPSA) is 94.0 Å². The van der Waals surface area contributed by atoms with Crippen LogP contribution in [0.2, 0.25) is 5.02 Å². The van der Waals surface area contributed by atoms with Crippen LogP contribution in [0.25, 0.3) is 22.1 Å². The molecule has 1 aromatic carbocycles. The summed E-state index contributed by atoms with van der Waals surface area (Å²) in [6.07, 6.45) is 5.75. The Kier molecular flexibility index (Phi) is 7.73. The van der Waals surface area contributed by atoms with Crippen molar-refractivity contribution in [2.75, 3.05) is 19.9 Å². The highest BCUT2D eigenvalue weighted by molar-refractivity contribution is 7.99. The maximum absolute atomic E-state index is 13.1. The van der Waals surface area contributed by atoms with Crippen molar-refractivity contribution < 1.29 is 13.4 Å². The van der Waals surface area contributed by atoms with E-state index in [2.05, 4.69) is 11.9 Å². The second-order valence-corrected chi connectivity index (χ2v) is 13.1. The molecule has 0 aliphatic carbocycles. The van der Waals surface area contributed by atoms with Gasteiger partial charge in [-0.05, 0) is 50.1 Å². The number of aromatic nitrogens is 1. The van der Waals surface area contributed by atoms with Gasteiger partial charge >= 0.3 is 0 Å². The Morgan fingerprint density at radius 3 is 2.61 bits per heavy atom. The highest BCUT2D eigenvalue weighted by atomic mass is 35.5. The highest BCUT2D eigenvalue weighted by Crippen LogP contribution is 2.43. The van der Waals surface area contributed by atoms with Crippen molar-refractivity contribution in [1.29, 1.82) is 0 Å². The molecule has 36 heavy (non-hydrogen) atoms. The maximum Gasteiger partial charge on any atom is 0.237 e. The number of aryl methyl sites for hydroxylation is 1. The fraction of sp³-hybridized carbons (Fsp3) is 0.423. The van der Waals surface area contributed by atoms with Gasteiger partial charge in [0.2, 0.25) is 11.9 Å². The molecule has 2 aromatic heterocycles. The first-order valence-electron chi connectivity index (χ1n) is 12.1. The van der Waals surface area contributed by atoms with E-state index in [1.165, 1.54) is 28.5 Å². The third kappa shape index (κ3) is 5.28.